The minimum absolute atomic E-state index is 0.140. The maximum Gasteiger partial charge on any atom is 0.255 e. The summed E-state index contributed by atoms with van der Waals surface area (Å²) in [6.45, 7) is 1.61. The topological polar surface area (TPSA) is 58.7 Å². The van der Waals surface area contributed by atoms with E-state index in [1.165, 1.54) is 17.0 Å². The van der Waals surface area contributed by atoms with Crippen LogP contribution in [0.4, 0.5) is 0 Å². The number of hydrogen-bond acceptors (Lipinski definition) is 3. The van der Waals surface area contributed by atoms with Gasteiger partial charge in [-0.05, 0) is 6.92 Å². The first-order chi connectivity index (χ1) is 5.65. The molecule has 0 fully saturated rings. The van der Waals surface area contributed by atoms with Crippen molar-refractivity contribution in [3.63, 3.8) is 0 Å². The van der Waals surface area contributed by atoms with Crippen LogP contribution in [0.3, 0.4) is 0 Å². The molecule has 0 aromatic carbocycles. The Labute approximate surface area is 74.0 Å². The molecule has 12 heavy (non-hydrogen) atoms. The maximum absolute atomic E-state index is 11.1. The Hall–Kier alpha value is -1.34. The minimum atomic E-state index is -0.512. The second-order valence-electron chi connectivity index (χ2n) is 2.26. The first kappa shape index (κ1) is 8.75. The van der Waals surface area contributed by atoms with Crippen molar-refractivity contribution in [2.45, 2.75) is 13.0 Å². The van der Waals surface area contributed by atoms with E-state index < -0.39 is 6.04 Å². The number of hydrogen-bond donors (Lipinski definition) is 0. The van der Waals surface area contributed by atoms with Gasteiger partial charge in [-0.1, -0.05) is 11.6 Å². The molecule has 0 bridgehead atoms. The van der Waals surface area contributed by atoms with Gasteiger partial charge in [-0.3, -0.25) is 9.36 Å². The predicted octanol–water partition coefficient (Wildman–Crippen LogP) is 0.981. The Morgan fingerprint density at radius 2 is 2.50 bits per heavy atom. The zero-order valence-corrected chi connectivity index (χ0v) is 7.12. The predicted molar refractivity (Wildman–Crippen MR) is 43.8 cm³/mol. The number of rotatable bonds is 1. The van der Waals surface area contributed by atoms with Gasteiger partial charge in [-0.2, -0.15) is 5.26 Å². The molecule has 0 N–H and O–H groups in total. The number of halogens is 1. The second-order valence-corrected chi connectivity index (χ2v) is 2.65. The SMILES string of the molecule is CC(C#N)n1cnc(Cl)cc1=O. The normalized spacial score (nSPS) is 12.1. The highest BCUT2D eigenvalue weighted by Gasteiger charge is 2.04. The van der Waals surface area contributed by atoms with E-state index in [2.05, 4.69) is 4.98 Å². The first-order valence-electron chi connectivity index (χ1n) is 3.28. The van der Waals surface area contributed by atoms with Crippen molar-refractivity contribution < 1.29 is 0 Å². The summed E-state index contributed by atoms with van der Waals surface area (Å²) in [7, 11) is 0. The molecule has 1 aromatic heterocycles. The van der Waals surface area contributed by atoms with Gasteiger partial charge in [0.1, 0.15) is 17.5 Å². The van der Waals surface area contributed by atoms with Gasteiger partial charge in [0.15, 0.2) is 0 Å². The number of aromatic nitrogens is 2. The van der Waals surface area contributed by atoms with Crippen molar-refractivity contribution in [1.82, 2.24) is 9.55 Å². The molecule has 1 atom stereocenters. The molecule has 1 aromatic rings. The molecule has 0 aliphatic heterocycles. The third kappa shape index (κ3) is 1.63. The van der Waals surface area contributed by atoms with E-state index in [0.717, 1.165) is 0 Å². The van der Waals surface area contributed by atoms with Crippen molar-refractivity contribution in [2.75, 3.05) is 0 Å². The van der Waals surface area contributed by atoms with Crippen LogP contribution in [0, 0.1) is 11.3 Å². The highest BCUT2D eigenvalue weighted by molar-refractivity contribution is 6.29. The van der Waals surface area contributed by atoms with E-state index in [0.29, 0.717) is 0 Å². The Morgan fingerprint density at radius 1 is 1.83 bits per heavy atom. The molecule has 5 heteroatoms. The third-order valence-corrected chi connectivity index (χ3v) is 1.61. The van der Waals surface area contributed by atoms with Crippen LogP contribution in [0.2, 0.25) is 5.15 Å². The average molecular weight is 184 g/mol. The lowest BCUT2D eigenvalue weighted by atomic mass is 10.4. The van der Waals surface area contributed by atoms with Crippen LogP contribution < -0.4 is 5.56 Å². The summed E-state index contributed by atoms with van der Waals surface area (Å²) in [5, 5.41) is 8.65. The Kier molecular flexibility index (Phi) is 2.46. The summed E-state index contributed by atoms with van der Waals surface area (Å²) in [6.07, 6.45) is 1.26. The summed E-state index contributed by atoms with van der Waals surface area (Å²) >= 11 is 5.46. The van der Waals surface area contributed by atoms with Crippen LogP contribution in [-0.4, -0.2) is 9.55 Å². The molecule has 1 rings (SSSR count). The summed E-state index contributed by atoms with van der Waals surface area (Å²) < 4.78 is 1.21. The zero-order chi connectivity index (χ0) is 9.14. The first-order valence-corrected chi connectivity index (χ1v) is 3.66. The van der Waals surface area contributed by atoms with E-state index in [-0.39, 0.29) is 10.7 Å². The van der Waals surface area contributed by atoms with Crippen LogP contribution in [0.25, 0.3) is 0 Å². The van der Waals surface area contributed by atoms with Gasteiger partial charge >= 0.3 is 0 Å². The molecule has 0 aliphatic rings. The Bertz CT molecular complexity index is 379. The maximum atomic E-state index is 11.1. The summed E-state index contributed by atoms with van der Waals surface area (Å²) in [4.78, 5) is 14.8. The highest BCUT2D eigenvalue weighted by atomic mass is 35.5. The molecular weight excluding hydrogens is 178 g/mol. The van der Waals surface area contributed by atoms with E-state index in [4.69, 9.17) is 16.9 Å². The van der Waals surface area contributed by atoms with E-state index in [9.17, 15) is 4.79 Å². The summed E-state index contributed by atoms with van der Waals surface area (Å²) in [5.74, 6) is 0. The fraction of sp³-hybridized carbons (Fsp3) is 0.286. The van der Waals surface area contributed by atoms with E-state index in [1.807, 2.05) is 6.07 Å². The van der Waals surface area contributed by atoms with E-state index >= 15 is 0 Å². The monoisotopic (exact) mass is 183 g/mol. The van der Waals surface area contributed by atoms with Crippen molar-refractivity contribution >= 4 is 11.6 Å². The van der Waals surface area contributed by atoms with Crippen LogP contribution in [0.1, 0.15) is 13.0 Å². The molecule has 1 heterocycles. The Balaban J connectivity index is 3.21. The van der Waals surface area contributed by atoms with Crippen LogP contribution in [0.15, 0.2) is 17.2 Å². The third-order valence-electron chi connectivity index (χ3n) is 1.41. The summed E-state index contributed by atoms with van der Waals surface area (Å²) in [6, 6.07) is 2.59. The smallest absolute Gasteiger partial charge is 0.255 e. The summed E-state index contributed by atoms with van der Waals surface area (Å²) in [5.41, 5.74) is -0.316. The fourth-order valence-corrected chi connectivity index (χ4v) is 0.878. The van der Waals surface area contributed by atoms with E-state index in [1.54, 1.807) is 6.92 Å². The average Bonchev–Trinajstić information content (AvgIpc) is 2.03. The van der Waals surface area contributed by atoms with Crippen LogP contribution in [-0.2, 0) is 0 Å². The molecule has 0 saturated heterocycles. The van der Waals surface area contributed by atoms with Gasteiger partial charge < -0.3 is 0 Å². The molecule has 0 amide bonds. The number of nitrogens with zero attached hydrogens (tertiary/aromatic N) is 3. The second kappa shape index (κ2) is 3.37. The van der Waals surface area contributed by atoms with Crippen LogP contribution >= 0.6 is 11.6 Å². The van der Waals surface area contributed by atoms with Gasteiger partial charge in [0.25, 0.3) is 5.56 Å². The quantitative estimate of drug-likeness (QED) is 0.610. The molecule has 4 nitrogen and oxygen atoms in total. The molecule has 0 aliphatic carbocycles. The molecular formula is C7H6ClN3O. The molecule has 0 radical (unpaired) electrons. The van der Waals surface area contributed by atoms with Gasteiger partial charge in [0.2, 0.25) is 0 Å². The Morgan fingerprint density at radius 3 is 3.00 bits per heavy atom. The number of nitriles is 1. The minimum Gasteiger partial charge on any atom is -0.283 e. The van der Waals surface area contributed by atoms with Gasteiger partial charge in [0, 0.05) is 6.07 Å². The largest absolute Gasteiger partial charge is 0.283 e. The fourth-order valence-electron chi connectivity index (χ4n) is 0.741. The van der Waals surface area contributed by atoms with Gasteiger partial charge in [-0.15, -0.1) is 0 Å². The molecule has 0 spiro atoms. The lowest BCUT2D eigenvalue weighted by molar-refractivity contribution is 0.631. The lowest BCUT2D eigenvalue weighted by Gasteiger charge is -2.04. The van der Waals surface area contributed by atoms with Gasteiger partial charge in [0.05, 0.1) is 6.07 Å². The van der Waals surface area contributed by atoms with Crippen molar-refractivity contribution in [1.29, 1.82) is 5.26 Å². The standard InChI is InChI=1S/C7H6ClN3O/c1-5(3-9)11-4-10-6(8)2-7(11)12/h2,4-5H,1H3. The van der Waals surface area contributed by atoms with Gasteiger partial charge in [-0.25, -0.2) is 4.98 Å². The van der Waals surface area contributed by atoms with Crippen molar-refractivity contribution in [3.8, 4) is 6.07 Å². The van der Waals surface area contributed by atoms with Crippen molar-refractivity contribution in [3.05, 3.63) is 27.9 Å². The van der Waals surface area contributed by atoms with Crippen LogP contribution in [0.5, 0.6) is 0 Å². The molecule has 0 saturated carbocycles. The molecule has 62 valence electrons. The highest BCUT2D eigenvalue weighted by Crippen LogP contribution is 2.01. The molecule has 1 unspecified atom stereocenters. The zero-order valence-electron chi connectivity index (χ0n) is 6.36. The van der Waals surface area contributed by atoms with Crippen molar-refractivity contribution in [2.24, 2.45) is 0 Å². The lowest BCUT2D eigenvalue weighted by Crippen LogP contribution is -2.21.